The van der Waals surface area contributed by atoms with Crippen LogP contribution in [0.25, 0.3) is 11.8 Å². The standard InChI is InChI=1S/C24H22ClN3O/c1-16-12-20(18(3)28(16)23-11-7-10-22(25)17(23)2)13-21(14-26)24(29)27-15-19-8-5-4-6-9-19/h4-13H,15H2,1-3H3,(H,27,29)/b21-13-. The lowest BCUT2D eigenvalue weighted by molar-refractivity contribution is -0.117. The third-order valence-electron chi connectivity index (χ3n) is 4.91. The molecular formula is C24H22ClN3O. The number of hydrogen-bond acceptors (Lipinski definition) is 2. The third kappa shape index (κ3) is 4.42. The van der Waals surface area contributed by atoms with E-state index in [4.69, 9.17) is 11.6 Å². The first-order valence-electron chi connectivity index (χ1n) is 9.30. The maximum absolute atomic E-state index is 12.5. The molecule has 1 heterocycles. The summed E-state index contributed by atoms with van der Waals surface area (Å²) in [5, 5.41) is 13.0. The van der Waals surface area contributed by atoms with Crippen LogP contribution in [0.4, 0.5) is 0 Å². The van der Waals surface area contributed by atoms with Crippen molar-refractivity contribution in [2.75, 3.05) is 0 Å². The van der Waals surface area contributed by atoms with Gasteiger partial charge >= 0.3 is 0 Å². The van der Waals surface area contributed by atoms with Crippen molar-refractivity contribution in [3.05, 3.63) is 93.3 Å². The van der Waals surface area contributed by atoms with Gasteiger partial charge in [-0.3, -0.25) is 4.79 Å². The van der Waals surface area contributed by atoms with E-state index in [-0.39, 0.29) is 11.5 Å². The molecule has 1 amide bonds. The summed E-state index contributed by atoms with van der Waals surface area (Å²) in [5.74, 6) is -0.389. The zero-order valence-corrected chi connectivity index (χ0v) is 17.4. The molecule has 0 radical (unpaired) electrons. The number of nitriles is 1. The fraction of sp³-hybridized carbons (Fsp3) is 0.167. The second-order valence-electron chi connectivity index (χ2n) is 6.88. The van der Waals surface area contributed by atoms with Crippen LogP contribution in [-0.4, -0.2) is 10.5 Å². The van der Waals surface area contributed by atoms with E-state index < -0.39 is 0 Å². The van der Waals surface area contributed by atoms with Crippen molar-refractivity contribution in [2.45, 2.75) is 27.3 Å². The summed E-state index contributed by atoms with van der Waals surface area (Å²) >= 11 is 6.29. The SMILES string of the molecule is Cc1c(Cl)cccc1-n1c(C)cc(/C=C(/C#N)C(=O)NCc2ccccc2)c1C. The number of nitrogens with zero attached hydrogens (tertiary/aromatic N) is 2. The molecule has 0 unspecified atom stereocenters. The van der Waals surface area contributed by atoms with Crippen LogP contribution in [0, 0.1) is 32.1 Å². The van der Waals surface area contributed by atoms with Gasteiger partial charge in [-0.25, -0.2) is 0 Å². The summed E-state index contributed by atoms with van der Waals surface area (Å²) in [7, 11) is 0. The molecule has 0 saturated carbocycles. The number of carbonyl (C=O) groups excluding carboxylic acids is 1. The van der Waals surface area contributed by atoms with Crippen molar-refractivity contribution >= 4 is 23.6 Å². The lowest BCUT2D eigenvalue weighted by atomic mass is 10.1. The molecule has 1 N–H and O–H groups in total. The van der Waals surface area contributed by atoms with E-state index in [1.54, 1.807) is 6.08 Å². The highest BCUT2D eigenvalue weighted by Crippen LogP contribution is 2.28. The molecule has 0 aliphatic heterocycles. The van der Waals surface area contributed by atoms with E-state index >= 15 is 0 Å². The van der Waals surface area contributed by atoms with Gasteiger partial charge in [-0.05, 0) is 61.7 Å². The Balaban J connectivity index is 1.90. The van der Waals surface area contributed by atoms with E-state index in [2.05, 4.69) is 9.88 Å². The first-order chi connectivity index (χ1) is 13.9. The van der Waals surface area contributed by atoms with Gasteiger partial charge in [0, 0.05) is 28.6 Å². The molecule has 0 fully saturated rings. The van der Waals surface area contributed by atoms with E-state index in [9.17, 15) is 10.1 Å². The van der Waals surface area contributed by atoms with E-state index in [0.29, 0.717) is 11.6 Å². The second-order valence-corrected chi connectivity index (χ2v) is 7.29. The fourth-order valence-corrected chi connectivity index (χ4v) is 3.49. The van der Waals surface area contributed by atoms with Crippen LogP contribution in [-0.2, 0) is 11.3 Å². The van der Waals surface area contributed by atoms with E-state index in [0.717, 1.165) is 33.8 Å². The molecule has 0 aliphatic carbocycles. The Hall–Kier alpha value is -3.29. The average Bonchev–Trinajstić information content (AvgIpc) is 3.00. The van der Waals surface area contributed by atoms with Crippen LogP contribution < -0.4 is 5.32 Å². The molecule has 0 spiro atoms. The molecule has 3 aromatic rings. The monoisotopic (exact) mass is 403 g/mol. The number of amides is 1. The smallest absolute Gasteiger partial charge is 0.262 e. The highest BCUT2D eigenvalue weighted by molar-refractivity contribution is 6.31. The van der Waals surface area contributed by atoms with Gasteiger partial charge in [-0.1, -0.05) is 48.0 Å². The minimum absolute atomic E-state index is 0.0731. The number of hydrogen-bond donors (Lipinski definition) is 1. The largest absolute Gasteiger partial charge is 0.347 e. The van der Waals surface area contributed by atoms with Gasteiger partial charge in [0.15, 0.2) is 0 Å². The van der Waals surface area contributed by atoms with Crippen LogP contribution in [0.3, 0.4) is 0 Å². The summed E-state index contributed by atoms with van der Waals surface area (Å²) in [6.45, 7) is 6.31. The normalized spacial score (nSPS) is 11.2. The van der Waals surface area contributed by atoms with Gasteiger partial charge < -0.3 is 9.88 Å². The zero-order chi connectivity index (χ0) is 21.0. The predicted molar refractivity (Wildman–Crippen MR) is 117 cm³/mol. The van der Waals surface area contributed by atoms with Gasteiger partial charge in [-0.15, -0.1) is 0 Å². The van der Waals surface area contributed by atoms with Gasteiger partial charge in [0.1, 0.15) is 11.6 Å². The van der Waals surface area contributed by atoms with Gasteiger partial charge in [0.2, 0.25) is 0 Å². The molecule has 1 aromatic heterocycles. The Labute approximate surface area is 176 Å². The number of benzene rings is 2. The quantitative estimate of drug-likeness (QED) is 0.465. The Morgan fingerprint density at radius 1 is 1.14 bits per heavy atom. The Bertz CT molecular complexity index is 1120. The lowest BCUT2D eigenvalue weighted by Crippen LogP contribution is -2.23. The molecule has 146 valence electrons. The lowest BCUT2D eigenvalue weighted by Gasteiger charge is -2.13. The molecule has 3 rings (SSSR count). The van der Waals surface area contributed by atoms with Crippen LogP contribution in [0.5, 0.6) is 0 Å². The third-order valence-corrected chi connectivity index (χ3v) is 5.32. The number of rotatable bonds is 5. The number of nitrogens with one attached hydrogen (secondary N) is 1. The van der Waals surface area contributed by atoms with Crippen LogP contribution >= 0.6 is 11.6 Å². The number of aromatic nitrogens is 1. The molecule has 0 bridgehead atoms. The molecule has 4 nitrogen and oxygen atoms in total. The number of carbonyl (C=O) groups is 1. The maximum atomic E-state index is 12.5. The molecule has 5 heteroatoms. The van der Waals surface area contributed by atoms with E-state index in [1.807, 2.05) is 81.4 Å². The van der Waals surface area contributed by atoms with Crippen molar-refractivity contribution in [3.8, 4) is 11.8 Å². The Kier molecular flexibility index (Phi) is 6.21. The van der Waals surface area contributed by atoms with E-state index in [1.165, 1.54) is 0 Å². The molecule has 29 heavy (non-hydrogen) atoms. The molecule has 0 aliphatic rings. The van der Waals surface area contributed by atoms with Crippen molar-refractivity contribution in [2.24, 2.45) is 0 Å². The van der Waals surface area contributed by atoms with Crippen LogP contribution in [0.15, 0.2) is 60.2 Å². The molecular weight excluding hydrogens is 382 g/mol. The minimum Gasteiger partial charge on any atom is -0.347 e. The summed E-state index contributed by atoms with van der Waals surface area (Å²) in [6, 6.07) is 19.4. The summed E-state index contributed by atoms with van der Waals surface area (Å²) in [4.78, 5) is 12.5. The predicted octanol–water partition coefficient (Wildman–Crippen LogP) is 5.28. The van der Waals surface area contributed by atoms with Crippen molar-refractivity contribution in [1.82, 2.24) is 9.88 Å². The number of halogens is 1. The van der Waals surface area contributed by atoms with Crippen molar-refractivity contribution in [1.29, 1.82) is 5.26 Å². The van der Waals surface area contributed by atoms with Gasteiger partial charge in [0.05, 0.1) is 0 Å². The second kappa shape index (κ2) is 8.81. The van der Waals surface area contributed by atoms with Gasteiger partial charge in [-0.2, -0.15) is 5.26 Å². The highest BCUT2D eigenvalue weighted by Gasteiger charge is 2.15. The Morgan fingerprint density at radius 2 is 1.86 bits per heavy atom. The molecule has 2 aromatic carbocycles. The maximum Gasteiger partial charge on any atom is 0.262 e. The zero-order valence-electron chi connectivity index (χ0n) is 16.7. The summed E-state index contributed by atoms with van der Waals surface area (Å²) in [5.41, 5.74) is 5.79. The first-order valence-corrected chi connectivity index (χ1v) is 9.68. The van der Waals surface area contributed by atoms with Gasteiger partial charge in [0.25, 0.3) is 5.91 Å². The first kappa shape index (κ1) is 20.4. The highest BCUT2D eigenvalue weighted by atomic mass is 35.5. The summed E-state index contributed by atoms with van der Waals surface area (Å²) < 4.78 is 2.09. The molecule has 0 atom stereocenters. The Morgan fingerprint density at radius 3 is 2.55 bits per heavy atom. The van der Waals surface area contributed by atoms with Crippen molar-refractivity contribution < 1.29 is 4.79 Å². The molecule has 0 saturated heterocycles. The minimum atomic E-state index is -0.389. The average molecular weight is 404 g/mol. The van der Waals surface area contributed by atoms with Crippen molar-refractivity contribution in [3.63, 3.8) is 0 Å². The number of aryl methyl sites for hydroxylation is 1. The topological polar surface area (TPSA) is 57.8 Å². The summed E-state index contributed by atoms with van der Waals surface area (Å²) in [6.07, 6.45) is 1.64. The fourth-order valence-electron chi connectivity index (χ4n) is 3.32. The van der Waals surface area contributed by atoms with Crippen LogP contribution in [0.2, 0.25) is 5.02 Å². The van der Waals surface area contributed by atoms with Crippen LogP contribution in [0.1, 0.15) is 28.1 Å².